The third kappa shape index (κ3) is 2.77. The van der Waals surface area contributed by atoms with Crippen molar-refractivity contribution in [2.45, 2.75) is 18.9 Å². The molecule has 128 valence electrons. The highest BCUT2D eigenvalue weighted by Gasteiger charge is 2.35. The van der Waals surface area contributed by atoms with E-state index >= 15 is 0 Å². The molecule has 0 unspecified atom stereocenters. The second-order valence-electron chi connectivity index (χ2n) is 5.79. The summed E-state index contributed by atoms with van der Waals surface area (Å²) < 4.78 is 16.0. The maximum Gasteiger partial charge on any atom is 0.290 e. The van der Waals surface area contributed by atoms with Gasteiger partial charge in [-0.25, -0.2) is 0 Å². The normalized spacial score (nSPS) is 17.0. The van der Waals surface area contributed by atoms with Crippen LogP contribution in [0, 0.1) is 0 Å². The summed E-state index contributed by atoms with van der Waals surface area (Å²) in [7, 11) is 1.60. The van der Waals surface area contributed by atoms with Crippen LogP contribution in [-0.2, 0) is 0 Å². The number of para-hydroxylation sites is 1. The largest absolute Gasteiger partial charge is 0.496 e. The van der Waals surface area contributed by atoms with Crippen LogP contribution in [-0.4, -0.2) is 34.6 Å². The summed E-state index contributed by atoms with van der Waals surface area (Å²) in [4.78, 5) is 18.8. The first-order valence-electron chi connectivity index (χ1n) is 8.09. The van der Waals surface area contributed by atoms with Gasteiger partial charge in [0.2, 0.25) is 11.7 Å². The number of rotatable bonds is 4. The number of nitrogens with zero attached hydrogens (tertiary/aromatic N) is 3. The second-order valence-corrected chi connectivity index (χ2v) is 5.79. The zero-order valence-corrected chi connectivity index (χ0v) is 13.7. The summed E-state index contributed by atoms with van der Waals surface area (Å²) >= 11 is 0. The Kier molecular flexibility index (Phi) is 3.97. The Balaban J connectivity index is 1.62. The molecule has 0 aliphatic carbocycles. The first kappa shape index (κ1) is 15.4. The smallest absolute Gasteiger partial charge is 0.290 e. The minimum Gasteiger partial charge on any atom is -0.496 e. The summed E-state index contributed by atoms with van der Waals surface area (Å²) in [5.74, 6) is 1.70. The number of ether oxygens (including phenoxy) is 1. The van der Waals surface area contributed by atoms with Gasteiger partial charge in [-0.15, -0.1) is 0 Å². The van der Waals surface area contributed by atoms with Gasteiger partial charge in [0.05, 0.1) is 18.9 Å². The first-order chi connectivity index (χ1) is 12.3. The Labute approximate surface area is 144 Å². The standard InChI is InChI=1S/C18H17N3O4/c1-23-14-8-3-2-6-12(14)16-19-17(25-20-16)13-7-4-10-21(13)18(22)15-9-5-11-24-15/h2-3,5-6,8-9,11,13H,4,7,10H2,1H3/t13-/m0/s1. The first-order valence-corrected chi connectivity index (χ1v) is 8.09. The van der Waals surface area contributed by atoms with E-state index in [1.165, 1.54) is 6.26 Å². The van der Waals surface area contributed by atoms with Crippen LogP contribution in [0.3, 0.4) is 0 Å². The number of furan rings is 1. The van der Waals surface area contributed by atoms with E-state index in [4.69, 9.17) is 13.7 Å². The maximum atomic E-state index is 12.6. The molecule has 3 aromatic rings. The topological polar surface area (TPSA) is 81.6 Å². The monoisotopic (exact) mass is 339 g/mol. The van der Waals surface area contributed by atoms with Crippen LogP contribution in [0.1, 0.15) is 35.3 Å². The molecule has 1 fully saturated rings. The van der Waals surface area contributed by atoms with Crippen molar-refractivity contribution in [1.82, 2.24) is 15.0 Å². The molecule has 1 aliphatic heterocycles. The van der Waals surface area contributed by atoms with E-state index in [0.29, 0.717) is 29.8 Å². The van der Waals surface area contributed by atoms with Gasteiger partial charge in [-0.2, -0.15) is 4.98 Å². The summed E-state index contributed by atoms with van der Waals surface area (Å²) in [6.07, 6.45) is 3.15. The lowest BCUT2D eigenvalue weighted by molar-refractivity contribution is 0.0678. The zero-order chi connectivity index (χ0) is 17.2. The molecule has 1 amide bonds. The zero-order valence-electron chi connectivity index (χ0n) is 13.7. The van der Waals surface area contributed by atoms with Crippen LogP contribution >= 0.6 is 0 Å². The van der Waals surface area contributed by atoms with E-state index in [1.807, 2.05) is 24.3 Å². The van der Waals surface area contributed by atoms with Crippen molar-refractivity contribution in [3.8, 4) is 17.1 Å². The Hall–Kier alpha value is -3.09. The van der Waals surface area contributed by atoms with E-state index in [9.17, 15) is 4.79 Å². The highest BCUT2D eigenvalue weighted by molar-refractivity contribution is 5.91. The molecule has 0 saturated carbocycles. The van der Waals surface area contributed by atoms with Gasteiger partial charge < -0.3 is 18.6 Å². The number of methoxy groups -OCH3 is 1. The molecule has 1 atom stereocenters. The third-order valence-electron chi connectivity index (χ3n) is 4.32. The molecule has 1 aromatic carbocycles. The number of amides is 1. The summed E-state index contributed by atoms with van der Waals surface area (Å²) in [6, 6.07) is 10.6. The maximum absolute atomic E-state index is 12.6. The number of hydrogen-bond acceptors (Lipinski definition) is 6. The van der Waals surface area contributed by atoms with Gasteiger partial charge in [-0.05, 0) is 37.1 Å². The molecule has 1 aliphatic rings. The molecule has 0 bridgehead atoms. The number of benzene rings is 1. The lowest BCUT2D eigenvalue weighted by atomic mass is 10.2. The number of carbonyl (C=O) groups excluding carboxylic acids is 1. The number of carbonyl (C=O) groups is 1. The fraction of sp³-hybridized carbons (Fsp3) is 0.278. The van der Waals surface area contributed by atoms with Gasteiger partial charge >= 0.3 is 0 Å². The van der Waals surface area contributed by atoms with E-state index in [2.05, 4.69) is 10.1 Å². The Morgan fingerprint density at radius 2 is 2.16 bits per heavy atom. The summed E-state index contributed by atoms with van der Waals surface area (Å²) in [5.41, 5.74) is 0.752. The average Bonchev–Trinajstić information content (AvgIpc) is 3.41. The number of hydrogen-bond donors (Lipinski definition) is 0. The van der Waals surface area contributed by atoms with E-state index in [-0.39, 0.29) is 11.9 Å². The molecule has 7 heteroatoms. The van der Waals surface area contributed by atoms with Crippen LogP contribution in [0.2, 0.25) is 0 Å². The fourth-order valence-corrected chi connectivity index (χ4v) is 3.12. The number of aromatic nitrogens is 2. The molecular weight excluding hydrogens is 322 g/mol. The molecule has 2 aromatic heterocycles. The van der Waals surface area contributed by atoms with Gasteiger partial charge in [0.15, 0.2) is 5.76 Å². The van der Waals surface area contributed by atoms with Gasteiger partial charge in [-0.3, -0.25) is 4.79 Å². The summed E-state index contributed by atoms with van der Waals surface area (Å²) in [6.45, 7) is 0.635. The average molecular weight is 339 g/mol. The van der Waals surface area contributed by atoms with Crippen molar-refractivity contribution >= 4 is 5.91 Å². The SMILES string of the molecule is COc1ccccc1-c1noc([C@@H]2CCCN2C(=O)c2ccco2)n1. The van der Waals surface area contributed by atoms with Crippen molar-refractivity contribution in [3.63, 3.8) is 0 Å². The minimum atomic E-state index is -0.242. The lowest BCUT2D eigenvalue weighted by Crippen LogP contribution is -2.30. The molecule has 3 heterocycles. The van der Waals surface area contributed by atoms with Crippen molar-refractivity contribution in [1.29, 1.82) is 0 Å². The molecule has 1 saturated heterocycles. The predicted molar refractivity (Wildman–Crippen MR) is 88.0 cm³/mol. The van der Waals surface area contributed by atoms with E-state index in [1.54, 1.807) is 24.1 Å². The molecule has 25 heavy (non-hydrogen) atoms. The Bertz CT molecular complexity index is 872. The molecule has 4 rings (SSSR count). The third-order valence-corrected chi connectivity index (χ3v) is 4.32. The molecular formula is C18H17N3O4. The van der Waals surface area contributed by atoms with Crippen molar-refractivity contribution in [2.24, 2.45) is 0 Å². The van der Waals surface area contributed by atoms with Crippen LogP contribution in [0.15, 0.2) is 51.6 Å². The molecule has 0 radical (unpaired) electrons. The Morgan fingerprint density at radius 1 is 1.28 bits per heavy atom. The van der Waals surface area contributed by atoms with Crippen LogP contribution < -0.4 is 4.74 Å². The highest BCUT2D eigenvalue weighted by atomic mass is 16.5. The molecule has 0 N–H and O–H groups in total. The minimum absolute atomic E-state index is 0.162. The molecule has 7 nitrogen and oxygen atoms in total. The van der Waals surface area contributed by atoms with Gasteiger partial charge in [0.25, 0.3) is 5.91 Å². The van der Waals surface area contributed by atoms with Crippen LogP contribution in [0.5, 0.6) is 5.75 Å². The fourth-order valence-electron chi connectivity index (χ4n) is 3.12. The summed E-state index contributed by atoms with van der Waals surface area (Å²) in [5, 5.41) is 4.07. The quantitative estimate of drug-likeness (QED) is 0.725. The van der Waals surface area contributed by atoms with Crippen molar-refractivity contribution in [2.75, 3.05) is 13.7 Å². The predicted octanol–water partition coefficient (Wildman–Crippen LogP) is 3.32. The van der Waals surface area contributed by atoms with Crippen LogP contribution in [0.4, 0.5) is 0 Å². The molecule has 0 spiro atoms. The van der Waals surface area contributed by atoms with Crippen LogP contribution in [0.25, 0.3) is 11.4 Å². The van der Waals surface area contributed by atoms with Crippen molar-refractivity contribution < 1.29 is 18.5 Å². The van der Waals surface area contributed by atoms with E-state index in [0.717, 1.165) is 18.4 Å². The van der Waals surface area contributed by atoms with Crippen molar-refractivity contribution in [3.05, 3.63) is 54.3 Å². The number of likely N-dealkylation sites (tertiary alicyclic amines) is 1. The second kappa shape index (κ2) is 6.43. The van der Waals surface area contributed by atoms with Gasteiger partial charge in [0.1, 0.15) is 11.8 Å². The Morgan fingerprint density at radius 3 is 2.96 bits per heavy atom. The van der Waals surface area contributed by atoms with E-state index < -0.39 is 0 Å². The lowest BCUT2D eigenvalue weighted by Gasteiger charge is -2.20. The highest BCUT2D eigenvalue weighted by Crippen LogP contribution is 2.34. The van der Waals surface area contributed by atoms with Gasteiger partial charge in [-0.1, -0.05) is 17.3 Å². The van der Waals surface area contributed by atoms with Gasteiger partial charge in [0, 0.05) is 6.54 Å².